The second kappa shape index (κ2) is 6.15. The number of carboxylic acids is 1. The smallest absolute Gasteiger partial charge is 0.335 e. The lowest BCUT2D eigenvalue weighted by atomic mass is 10.1. The first-order valence-corrected chi connectivity index (χ1v) is 6.76. The summed E-state index contributed by atoms with van der Waals surface area (Å²) in [6, 6.07) is 3.98. The van der Waals surface area contributed by atoms with Gasteiger partial charge in [-0.3, -0.25) is 0 Å². The van der Waals surface area contributed by atoms with E-state index in [2.05, 4.69) is 4.90 Å². The van der Waals surface area contributed by atoms with E-state index in [9.17, 15) is 9.18 Å². The molecule has 0 radical (unpaired) electrons. The number of halogens is 1. The SMILES string of the molecule is CN(Cc1cc(C(=O)O)ccc1F)CC1CCCC1. The van der Waals surface area contributed by atoms with Crippen LogP contribution in [0.2, 0.25) is 0 Å². The predicted octanol–water partition coefficient (Wildman–Crippen LogP) is 3.15. The van der Waals surface area contributed by atoms with Crippen molar-refractivity contribution in [2.75, 3.05) is 13.6 Å². The van der Waals surface area contributed by atoms with E-state index in [1.807, 2.05) is 7.05 Å². The van der Waals surface area contributed by atoms with Crippen molar-refractivity contribution in [3.63, 3.8) is 0 Å². The average Bonchev–Trinajstić information content (AvgIpc) is 2.84. The zero-order valence-corrected chi connectivity index (χ0v) is 11.2. The van der Waals surface area contributed by atoms with Crippen LogP contribution in [0.5, 0.6) is 0 Å². The molecule has 0 aromatic heterocycles. The normalized spacial score (nSPS) is 16.2. The summed E-state index contributed by atoms with van der Waals surface area (Å²) in [5, 5.41) is 8.93. The molecule has 1 aliphatic rings. The van der Waals surface area contributed by atoms with Crippen molar-refractivity contribution in [3.8, 4) is 0 Å². The molecule has 4 heteroatoms. The van der Waals surface area contributed by atoms with Gasteiger partial charge < -0.3 is 10.0 Å². The Morgan fingerprint density at radius 3 is 2.74 bits per heavy atom. The van der Waals surface area contributed by atoms with Crippen molar-refractivity contribution >= 4 is 5.97 Å². The number of carboxylic acid groups (broad SMARTS) is 1. The summed E-state index contributed by atoms with van der Waals surface area (Å²) in [4.78, 5) is 13.0. The lowest BCUT2D eigenvalue weighted by Crippen LogP contribution is -2.24. The Kier molecular flexibility index (Phi) is 4.53. The van der Waals surface area contributed by atoms with Crippen LogP contribution in [0, 0.1) is 11.7 Å². The molecule has 0 atom stereocenters. The van der Waals surface area contributed by atoms with Crippen LogP contribution < -0.4 is 0 Å². The highest BCUT2D eigenvalue weighted by molar-refractivity contribution is 5.87. The first kappa shape index (κ1) is 14.0. The zero-order chi connectivity index (χ0) is 13.8. The number of aromatic carboxylic acids is 1. The van der Waals surface area contributed by atoms with Gasteiger partial charge in [-0.2, -0.15) is 0 Å². The second-order valence-corrected chi connectivity index (χ2v) is 5.46. The fourth-order valence-electron chi connectivity index (χ4n) is 2.82. The molecule has 0 saturated heterocycles. The van der Waals surface area contributed by atoms with E-state index in [-0.39, 0.29) is 11.4 Å². The van der Waals surface area contributed by atoms with E-state index in [4.69, 9.17) is 5.11 Å². The van der Waals surface area contributed by atoms with Gasteiger partial charge in [0.15, 0.2) is 0 Å². The van der Waals surface area contributed by atoms with Crippen molar-refractivity contribution in [3.05, 3.63) is 35.1 Å². The molecule has 1 aliphatic carbocycles. The maximum absolute atomic E-state index is 13.7. The monoisotopic (exact) mass is 265 g/mol. The van der Waals surface area contributed by atoms with Crippen LogP contribution in [0.1, 0.15) is 41.6 Å². The quantitative estimate of drug-likeness (QED) is 0.889. The van der Waals surface area contributed by atoms with Gasteiger partial charge in [0.1, 0.15) is 5.82 Å². The van der Waals surface area contributed by atoms with Crippen LogP contribution >= 0.6 is 0 Å². The number of carbonyl (C=O) groups is 1. The highest BCUT2D eigenvalue weighted by Gasteiger charge is 2.18. The number of nitrogens with zero attached hydrogens (tertiary/aromatic N) is 1. The largest absolute Gasteiger partial charge is 0.478 e. The number of hydrogen-bond acceptors (Lipinski definition) is 2. The number of benzene rings is 1. The minimum absolute atomic E-state index is 0.144. The van der Waals surface area contributed by atoms with Crippen molar-refractivity contribution in [2.45, 2.75) is 32.2 Å². The van der Waals surface area contributed by atoms with Gasteiger partial charge in [-0.15, -0.1) is 0 Å². The van der Waals surface area contributed by atoms with Crippen molar-refractivity contribution in [1.82, 2.24) is 4.90 Å². The number of rotatable bonds is 5. The third-order valence-corrected chi connectivity index (χ3v) is 3.78. The predicted molar refractivity (Wildman–Crippen MR) is 71.7 cm³/mol. The standard InChI is InChI=1S/C15H20FNO2/c1-17(9-11-4-2-3-5-11)10-13-8-12(15(18)19)6-7-14(13)16/h6-8,11H,2-5,9-10H2,1H3,(H,18,19). The third-order valence-electron chi connectivity index (χ3n) is 3.78. The number of hydrogen-bond donors (Lipinski definition) is 1. The van der Waals surface area contributed by atoms with E-state index in [0.717, 1.165) is 6.54 Å². The molecule has 1 saturated carbocycles. The fourth-order valence-corrected chi connectivity index (χ4v) is 2.82. The summed E-state index contributed by atoms with van der Waals surface area (Å²) >= 11 is 0. The highest BCUT2D eigenvalue weighted by atomic mass is 19.1. The fraction of sp³-hybridized carbons (Fsp3) is 0.533. The molecule has 1 N–H and O–H groups in total. The molecular formula is C15H20FNO2. The molecule has 1 aromatic rings. The molecule has 1 fully saturated rings. The molecule has 2 rings (SSSR count). The van der Waals surface area contributed by atoms with Crippen molar-refractivity contribution in [1.29, 1.82) is 0 Å². The highest BCUT2D eigenvalue weighted by Crippen LogP contribution is 2.25. The zero-order valence-electron chi connectivity index (χ0n) is 11.2. The van der Waals surface area contributed by atoms with E-state index in [1.54, 1.807) is 0 Å². The first-order valence-electron chi connectivity index (χ1n) is 6.76. The molecule has 3 nitrogen and oxygen atoms in total. The molecule has 1 aromatic carbocycles. The van der Waals surface area contributed by atoms with Gasteiger partial charge in [-0.05, 0) is 44.0 Å². The average molecular weight is 265 g/mol. The molecule has 0 aliphatic heterocycles. The Balaban J connectivity index is 2.00. The maximum Gasteiger partial charge on any atom is 0.335 e. The van der Waals surface area contributed by atoms with E-state index < -0.39 is 5.97 Å². The van der Waals surface area contributed by atoms with Crippen molar-refractivity contribution < 1.29 is 14.3 Å². The summed E-state index contributed by atoms with van der Waals surface area (Å²) in [7, 11) is 1.96. The molecule has 0 unspecified atom stereocenters. The lowest BCUT2D eigenvalue weighted by molar-refractivity contribution is 0.0696. The Morgan fingerprint density at radius 1 is 1.42 bits per heavy atom. The molecule has 19 heavy (non-hydrogen) atoms. The van der Waals surface area contributed by atoms with Crippen LogP contribution in [-0.4, -0.2) is 29.6 Å². The summed E-state index contributed by atoms with van der Waals surface area (Å²) in [5.74, 6) is -0.640. The Hall–Kier alpha value is -1.42. The van der Waals surface area contributed by atoms with Gasteiger partial charge in [0.25, 0.3) is 0 Å². The minimum Gasteiger partial charge on any atom is -0.478 e. The van der Waals surface area contributed by atoms with Gasteiger partial charge in [0.05, 0.1) is 5.56 Å². The first-order chi connectivity index (χ1) is 9.06. The van der Waals surface area contributed by atoms with Crippen LogP contribution in [0.3, 0.4) is 0 Å². The van der Waals surface area contributed by atoms with Gasteiger partial charge in [-0.1, -0.05) is 12.8 Å². The van der Waals surface area contributed by atoms with E-state index in [1.165, 1.54) is 43.9 Å². The molecule has 104 valence electrons. The summed E-state index contributed by atoms with van der Waals surface area (Å²) in [6.07, 6.45) is 5.09. The lowest BCUT2D eigenvalue weighted by Gasteiger charge is -2.21. The second-order valence-electron chi connectivity index (χ2n) is 5.46. The Bertz CT molecular complexity index is 455. The van der Waals surface area contributed by atoms with E-state index >= 15 is 0 Å². The Labute approximate surface area is 113 Å². The minimum atomic E-state index is -1.01. The third kappa shape index (κ3) is 3.77. The molecule has 0 bridgehead atoms. The maximum atomic E-state index is 13.7. The molecule has 0 heterocycles. The Morgan fingerprint density at radius 2 is 2.11 bits per heavy atom. The van der Waals surface area contributed by atoms with Crippen LogP contribution in [0.4, 0.5) is 4.39 Å². The topological polar surface area (TPSA) is 40.5 Å². The van der Waals surface area contributed by atoms with Crippen LogP contribution in [-0.2, 0) is 6.54 Å². The van der Waals surface area contributed by atoms with Gasteiger partial charge in [-0.25, -0.2) is 9.18 Å². The summed E-state index contributed by atoms with van der Waals surface area (Å²) in [6.45, 7) is 1.42. The van der Waals surface area contributed by atoms with Crippen LogP contribution in [0.15, 0.2) is 18.2 Å². The molecule has 0 amide bonds. The van der Waals surface area contributed by atoms with Crippen molar-refractivity contribution in [2.24, 2.45) is 5.92 Å². The molecular weight excluding hydrogens is 245 g/mol. The molecule has 0 spiro atoms. The van der Waals surface area contributed by atoms with E-state index in [0.29, 0.717) is 18.0 Å². The van der Waals surface area contributed by atoms with Gasteiger partial charge in [0.2, 0.25) is 0 Å². The summed E-state index contributed by atoms with van der Waals surface area (Å²) in [5.41, 5.74) is 0.603. The van der Waals surface area contributed by atoms with Gasteiger partial charge >= 0.3 is 5.97 Å². The van der Waals surface area contributed by atoms with Crippen LogP contribution in [0.25, 0.3) is 0 Å². The van der Waals surface area contributed by atoms with Gasteiger partial charge in [0, 0.05) is 18.7 Å². The summed E-state index contributed by atoms with van der Waals surface area (Å²) < 4.78 is 13.7.